The Kier molecular flexibility index (Phi) is 9.61. The molecule has 1 aromatic carbocycles. The lowest BCUT2D eigenvalue weighted by Crippen LogP contribution is -2.41. The number of amides is 1. The Morgan fingerprint density at radius 1 is 1.12 bits per heavy atom. The summed E-state index contributed by atoms with van der Waals surface area (Å²) in [6, 6.07) is 6.15. The molecule has 2 fully saturated rings. The number of aromatic nitrogens is 2. The number of carbonyl (C=O) groups excluding carboxylic acids is 1. The van der Waals surface area contributed by atoms with E-state index < -0.39 is 11.3 Å². The first-order chi connectivity index (χ1) is 19.1. The minimum absolute atomic E-state index is 0.0411. The van der Waals surface area contributed by atoms with Gasteiger partial charge in [-0.25, -0.2) is 4.98 Å². The van der Waals surface area contributed by atoms with Crippen LogP contribution < -0.4 is 15.4 Å². The number of hydrogen-bond donors (Lipinski definition) is 2. The number of nitrogens with one attached hydrogen (secondary N) is 2. The second-order valence-electron chi connectivity index (χ2n) is 10.1. The lowest BCUT2D eigenvalue weighted by atomic mass is 9.85. The van der Waals surface area contributed by atoms with E-state index in [1.165, 1.54) is 18.2 Å². The van der Waals surface area contributed by atoms with Gasteiger partial charge in [-0.15, -0.1) is 13.2 Å². The van der Waals surface area contributed by atoms with Gasteiger partial charge in [0.2, 0.25) is 17.7 Å². The Bertz CT molecular complexity index is 1180. The van der Waals surface area contributed by atoms with E-state index in [-0.39, 0.29) is 41.2 Å². The van der Waals surface area contributed by atoms with E-state index in [1.54, 1.807) is 13.0 Å². The SMILES string of the molecule is CC(=O)N1CCCN(C2CCC(CNc3nc(NCc4ccccc4OC(F)(F)F)ncc3[N+](=O)[O-])CC2)CC1. The number of nitrogens with zero attached hydrogens (tertiary/aromatic N) is 5. The zero-order chi connectivity index (χ0) is 28.7. The molecule has 0 spiro atoms. The maximum atomic E-state index is 12.7. The largest absolute Gasteiger partial charge is 0.573 e. The minimum atomic E-state index is -4.83. The molecule has 1 saturated carbocycles. The fourth-order valence-electron chi connectivity index (χ4n) is 5.35. The number of nitro groups is 1. The highest BCUT2D eigenvalue weighted by Crippen LogP contribution is 2.30. The van der Waals surface area contributed by atoms with Gasteiger partial charge in [-0.1, -0.05) is 18.2 Å². The quantitative estimate of drug-likeness (QED) is 0.336. The summed E-state index contributed by atoms with van der Waals surface area (Å²) in [4.78, 5) is 35.3. The van der Waals surface area contributed by atoms with Gasteiger partial charge < -0.3 is 20.3 Å². The Morgan fingerprint density at radius 2 is 1.88 bits per heavy atom. The summed E-state index contributed by atoms with van der Waals surface area (Å²) in [5.41, 5.74) is -0.0499. The maximum absolute atomic E-state index is 12.7. The van der Waals surface area contributed by atoms with Crippen molar-refractivity contribution in [1.29, 1.82) is 0 Å². The molecule has 2 N–H and O–H groups in total. The molecule has 4 rings (SSSR count). The third-order valence-corrected chi connectivity index (χ3v) is 7.47. The van der Waals surface area contributed by atoms with Gasteiger partial charge in [-0.3, -0.25) is 19.8 Å². The smallest absolute Gasteiger partial charge is 0.405 e. The molecule has 40 heavy (non-hydrogen) atoms. The second kappa shape index (κ2) is 13.1. The average Bonchev–Trinajstić information content (AvgIpc) is 3.17. The summed E-state index contributed by atoms with van der Waals surface area (Å²) in [7, 11) is 0. The van der Waals surface area contributed by atoms with Crippen LogP contribution in [-0.4, -0.2) is 75.7 Å². The molecular weight excluding hydrogens is 531 g/mol. The van der Waals surface area contributed by atoms with E-state index in [0.29, 0.717) is 18.5 Å². The van der Waals surface area contributed by atoms with Crippen molar-refractivity contribution in [2.24, 2.45) is 5.92 Å². The van der Waals surface area contributed by atoms with E-state index in [1.807, 2.05) is 4.90 Å². The Labute approximate surface area is 230 Å². The summed E-state index contributed by atoms with van der Waals surface area (Å²) in [5.74, 6) is 0.179. The molecule has 1 saturated heterocycles. The van der Waals surface area contributed by atoms with Gasteiger partial charge in [0.25, 0.3) is 0 Å². The number of ether oxygens (including phenoxy) is 1. The van der Waals surface area contributed by atoms with Crippen LogP contribution in [0.3, 0.4) is 0 Å². The van der Waals surface area contributed by atoms with Crippen LogP contribution in [0.4, 0.5) is 30.6 Å². The summed E-state index contributed by atoms with van der Waals surface area (Å²) in [5, 5.41) is 17.5. The van der Waals surface area contributed by atoms with Crippen molar-refractivity contribution in [1.82, 2.24) is 19.8 Å². The van der Waals surface area contributed by atoms with Crippen LogP contribution in [0, 0.1) is 16.0 Å². The number of para-hydroxylation sites is 1. The first-order valence-electron chi connectivity index (χ1n) is 13.4. The van der Waals surface area contributed by atoms with Crippen molar-refractivity contribution >= 4 is 23.4 Å². The van der Waals surface area contributed by atoms with Crippen LogP contribution >= 0.6 is 0 Å². The normalized spacial score (nSPS) is 20.4. The van der Waals surface area contributed by atoms with Gasteiger partial charge >= 0.3 is 12.0 Å². The van der Waals surface area contributed by atoms with Crippen LogP contribution in [0.1, 0.15) is 44.6 Å². The minimum Gasteiger partial charge on any atom is -0.405 e. The predicted molar refractivity (Wildman–Crippen MR) is 142 cm³/mol. The zero-order valence-electron chi connectivity index (χ0n) is 22.3. The van der Waals surface area contributed by atoms with Crippen molar-refractivity contribution in [2.75, 3.05) is 43.4 Å². The molecule has 218 valence electrons. The highest BCUT2D eigenvalue weighted by molar-refractivity contribution is 5.73. The molecule has 1 aliphatic carbocycles. The van der Waals surface area contributed by atoms with Gasteiger partial charge in [-0.2, -0.15) is 4.98 Å². The zero-order valence-corrected chi connectivity index (χ0v) is 22.3. The molecule has 2 aromatic rings. The molecule has 0 bridgehead atoms. The standard InChI is InChI=1S/C26H34F3N7O4/c1-18(37)34-11-4-12-35(14-13-34)21-9-7-19(8-10-21)15-30-24-22(36(38)39)17-32-25(33-24)31-16-20-5-2-3-6-23(20)40-26(27,28)29/h2-3,5-6,17,19,21H,4,7-16H2,1H3,(H2,30,31,32,33). The fourth-order valence-corrected chi connectivity index (χ4v) is 5.35. The number of rotatable bonds is 9. The number of hydrogen-bond acceptors (Lipinski definition) is 9. The van der Waals surface area contributed by atoms with Crippen LogP contribution in [0.5, 0.6) is 5.75 Å². The van der Waals surface area contributed by atoms with Crippen molar-refractivity contribution in [3.63, 3.8) is 0 Å². The molecule has 1 aliphatic heterocycles. The summed E-state index contributed by atoms with van der Waals surface area (Å²) >= 11 is 0. The fraction of sp³-hybridized carbons (Fsp3) is 0.577. The van der Waals surface area contributed by atoms with Gasteiger partial charge in [0, 0.05) is 57.8 Å². The van der Waals surface area contributed by atoms with E-state index in [2.05, 4.69) is 30.2 Å². The first-order valence-corrected chi connectivity index (χ1v) is 13.4. The lowest BCUT2D eigenvalue weighted by Gasteiger charge is -2.36. The second-order valence-corrected chi connectivity index (χ2v) is 10.1. The van der Waals surface area contributed by atoms with Crippen molar-refractivity contribution in [3.05, 3.63) is 46.1 Å². The van der Waals surface area contributed by atoms with E-state index >= 15 is 0 Å². The highest BCUT2D eigenvalue weighted by atomic mass is 19.4. The van der Waals surface area contributed by atoms with Crippen molar-refractivity contribution in [2.45, 2.75) is 58.0 Å². The van der Waals surface area contributed by atoms with Gasteiger partial charge in [0.15, 0.2) is 0 Å². The van der Waals surface area contributed by atoms with Crippen LogP contribution in [0.15, 0.2) is 30.5 Å². The van der Waals surface area contributed by atoms with E-state index in [9.17, 15) is 28.1 Å². The molecular formula is C26H34F3N7O4. The van der Waals surface area contributed by atoms with Crippen LogP contribution in [0.2, 0.25) is 0 Å². The molecule has 0 atom stereocenters. The number of halogens is 3. The third kappa shape index (κ3) is 8.16. The number of anilines is 2. The monoisotopic (exact) mass is 565 g/mol. The van der Waals surface area contributed by atoms with Crippen molar-refractivity contribution < 1.29 is 27.6 Å². The summed E-state index contributed by atoms with van der Waals surface area (Å²) < 4.78 is 42.2. The van der Waals surface area contributed by atoms with Crippen molar-refractivity contribution in [3.8, 4) is 5.75 Å². The molecule has 14 heteroatoms. The topological polar surface area (TPSA) is 126 Å². The number of alkyl halides is 3. The molecule has 2 aliphatic rings. The summed E-state index contributed by atoms with van der Waals surface area (Å²) in [6.07, 6.45) is 1.18. The molecule has 11 nitrogen and oxygen atoms in total. The third-order valence-electron chi connectivity index (χ3n) is 7.47. The van der Waals surface area contributed by atoms with Crippen LogP contribution in [0.25, 0.3) is 0 Å². The maximum Gasteiger partial charge on any atom is 0.573 e. The van der Waals surface area contributed by atoms with Gasteiger partial charge in [0.05, 0.1) is 4.92 Å². The van der Waals surface area contributed by atoms with Crippen LogP contribution in [-0.2, 0) is 11.3 Å². The van der Waals surface area contributed by atoms with E-state index in [0.717, 1.165) is 64.5 Å². The molecule has 1 aromatic heterocycles. The predicted octanol–water partition coefficient (Wildman–Crippen LogP) is 4.42. The van der Waals surface area contributed by atoms with Gasteiger partial charge in [0.1, 0.15) is 11.9 Å². The first kappa shape index (κ1) is 29.3. The molecule has 1 amide bonds. The molecule has 0 unspecified atom stereocenters. The Morgan fingerprint density at radius 3 is 2.58 bits per heavy atom. The van der Waals surface area contributed by atoms with E-state index in [4.69, 9.17) is 0 Å². The molecule has 0 radical (unpaired) electrons. The Balaban J connectivity index is 1.32. The number of benzene rings is 1. The Hall–Kier alpha value is -3.68. The average molecular weight is 566 g/mol. The van der Waals surface area contributed by atoms with Gasteiger partial charge in [-0.05, 0) is 44.1 Å². The lowest BCUT2D eigenvalue weighted by molar-refractivity contribution is -0.384. The number of carbonyl (C=O) groups is 1. The molecule has 2 heterocycles. The summed E-state index contributed by atoms with van der Waals surface area (Å²) in [6.45, 7) is 5.45. The highest BCUT2D eigenvalue weighted by Gasteiger charge is 2.32.